The predicted molar refractivity (Wildman–Crippen MR) is 78.2 cm³/mol. The fraction of sp³-hybridized carbons (Fsp3) is 0.600. The van der Waals surface area contributed by atoms with E-state index in [-0.39, 0.29) is 11.2 Å². The van der Waals surface area contributed by atoms with Crippen LogP contribution in [0.15, 0.2) is 17.0 Å². The second-order valence-electron chi connectivity index (χ2n) is 5.53. The summed E-state index contributed by atoms with van der Waals surface area (Å²) >= 11 is 1.59. The topological polar surface area (TPSA) is 30.0 Å². The second-order valence-corrected chi connectivity index (χ2v) is 6.47. The molecule has 1 heterocycles. The van der Waals surface area contributed by atoms with E-state index >= 15 is 0 Å². The van der Waals surface area contributed by atoms with E-state index in [1.165, 1.54) is 5.57 Å². The van der Waals surface area contributed by atoms with Gasteiger partial charge in [-0.3, -0.25) is 4.79 Å². The van der Waals surface area contributed by atoms with Crippen LogP contribution in [0.2, 0.25) is 0 Å². The van der Waals surface area contributed by atoms with Crippen molar-refractivity contribution in [2.45, 2.75) is 59.3 Å². The van der Waals surface area contributed by atoms with Crippen LogP contribution < -0.4 is 0 Å². The molecule has 1 aromatic rings. The predicted octanol–water partition coefficient (Wildman–Crippen LogP) is 4.30. The van der Waals surface area contributed by atoms with Crippen molar-refractivity contribution >= 4 is 17.1 Å². The molecule has 2 nitrogen and oxygen atoms in total. The third-order valence-electron chi connectivity index (χ3n) is 2.92. The average molecular weight is 265 g/mol. The van der Waals surface area contributed by atoms with Gasteiger partial charge in [0.25, 0.3) is 0 Å². The summed E-state index contributed by atoms with van der Waals surface area (Å²) in [7, 11) is 0. The van der Waals surface area contributed by atoms with Crippen molar-refractivity contribution < 1.29 is 4.79 Å². The molecule has 3 heteroatoms. The van der Waals surface area contributed by atoms with Crippen molar-refractivity contribution in [3.8, 4) is 0 Å². The van der Waals surface area contributed by atoms with E-state index in [1.54, 1.807) is 17.4 Å². The molecule has 0 atom stereocenters. The van der Waals surface area contributed by atoms with Gasteiger partial charge in [-0.05, 0) is 18.9 Å². The maximum absolute atomic E-state index is 11.9. The number of aromatic nitrogens is 1. The SMILES string of the molecule is CCC(=CC(=O)Cc1nc(C(C)(C)C)cs1)CC. The van der Waals surface area contributed by atoms with Gasteiger partial charge in [-0.2, -0.15) is 0 Å². The third-order valence-corrected chi connectivity index (χ3v) is 3.77. The lowest BCUT2D eigenvalue weighted by atomic mass is 9.93. The fourth-order valence-corrected chi connectivity index (χ4v) is 2.65. The Labute approximate surface area is 114 Å². The zero-order valence-corrected chi connectivity index (χ0v) is 12.9. The summed E-state index contributed by atoms with van der Waals surface area (Å²) in [5.74, 6) is 0.170. The fourth-order valence-electron chi connectivity index (χ4n) is 1.62. The summed E-state index contributed by atoms with van der Waals surface area (Å²) in [5, 5.41) is 2.99. The number of hydrogen-bond donors (Lipinski definition) is 0. The lowest BCUT2D eigenvalue weighted by Crippen LogP contribution is -2.11. The van der Waals surface area contributed by atoms with Crippen molar-refractivity contribution in [2.24, 2.45) is 0 Å². The summed E-state index contributed by atoms with van der Waals surface area (Å²) < 4.78 is 0. The first-order valence-electron chi connectivity index (χ1n) is 6.54. The van der Waals surface area contributed by atoms with Gasteiger partial charge in [0.15, 0.2) is 5.78 Å². The van der Waals surface area contributed by atoms with Gasteiger partial charge in [0, 0.05) is 10.8 Å². The zero-order valence-electron chi connectivity index (χ0n) is 12.0. The first-order valence-corrected chi connectivity index (χ1v) is 7.42. The van der Waals surface area contributed by atoms with Gasteiger partial charge in [-0.15, -0.1) is 11.3 Å². The van der Waals surface area contributed by atoms with Gasteiger partial charge < -0.3 is 0 Å². The molecule has 0 spiro atoms. The Morgan fingerprint density at radius 1 is 1.33 bits per heavy atom. The molecule has 0 radical (unpaired) electrons. The third kappa shape index (κ3) is 4.37. The first-order chi connectivity index (χ1) is 8.36. The molecule has 0 aliphatic carbocycles. The van der Waals surface area contributed by atoms with Gasteiger partial charge in [-0.25, -0.2) is 4.98 Å². The maximum Gasteiger partial charge on any atom is 0.162 e. The molecule has 1 rings (SSSR count). The number of hydrogen-bond acceptors (Lipinski definition) is 3. The van der Waals surface area contributed by atoms with Gasteiger partial charge >= 0.3 is 0 Å². The molecule has 18 heavy (non-hydrogen) atoms. The Morgan fingerprint density at radius 2 is 1.94 bits per heavy atom. The van der Waals surface area contributed by atoms with E-state index in [1.807, 2.05) is 0 Å². The zero-order chi connectivity index (χ0) is 13.8. The van der Waals surface area contributed by atoms with E-state index in [0.29, 0.717) is 6.42 Å². The number of nitrogens with zero attached hydrogens (tertiary/aromatic N) is 1. The van der Waals surface area contributed by atoms with E-state index < -0.39 is 0 Å². The van der Waals surface area contributed by atoms with Crippen LogP contribution in [-0.4, -0.2) is 10.8 Å². The molecule has 0 saturated carbocycles. The van der Waals surface area contributed by atoms with Gasteiger partial charge in [0.2, 0.25) is 0 Å². The minimum atomic E-state index is 0.0611. The summed E-state index contributed by atoms with van der Waals surface area (Å²) in [5.41, 5.74) is 2.35. The standard InChI is InChI=1S/C15H23NOS/c1-6-11(7-2)8-12(17)9-14-16-13(10-18-14)15(3,4)5/h8,10H,6-7,9H2,1-5H3. The number of carbonyl (C=O) groups excluding carboxylic acids is 1. The van der Waals surface area contributed by atoms with E-state index in [4.69, 9.17) is 0 Å². The highest BCUT2D eigenvalue weighted by molar-refractivity contribution is 7.09. The highest BCUT2D eigenvalue weighted by Gasteiger charge is 2.17. The van der Waals surface area contributed by atoms with Crippen molar-refractivity contribution in [1.29, 1.82) is 0 Å². The maximum atomic E-state index is 11.9. The van der Waals surface area contributed by atoms with Crippen LogP contribution in [0.5, 0.6) is 0 Å². The van der Waals surface area contributed by atoms with Crippen LogP contribution >= 0.6 is 11.3 Å². The van der Waals surface area contributed by atoms with Crippen LogP contribution in [0.1, 0.15) is 58.2 Å². The molecule has 0 amide bonds. The highest BCUT2D eigenvalue weighted by atomic mass is 32.1. The molecule has 0 unspecified atom stereocenters. The largest absolute Gasteiger partial charge is 0.294 e. The number of rotatable bonds is 5. The Balaban J connectivity index is 2.71. The monoisotopic (exact) mass is 265 g/mol. The molecular formula is C15H23NOS. The number of allylic oxidation sites excluding steroid dienone is 2. The molecule has 0 aromatic carbocycles. The van der Waals surface area contributed by atoms with E-state index in [0.717, 1.165) is 23.5 Å². The molecular weight excluding hydrogens is 242 g/mol. The normalized spacial score (nSPS) is 11.4. The van der Waals surface area contributed by atoms with Crippen LogP contribution in [0.25, 0.3) is 0 Å². The summed E-state index contributed by atoms with van der Waals surface area (Å²) in [4.78, 5) is 16.4. The van der Waals surface area contributed by atoms with E-state index in [2.05, 4.69) is 45.0 Å². The van der Waals surface area contributed by atoms with Gasteiger partial charge in [0.05, 0.1) is 12.1 Å². The quantitative estimate of drug-likeness (QED) is 0.743. The van der Waals surface area contributed by atoms with Crippen LogP contribution in [0.4, 0.5) is 0 Å². The second kappa shape index (κ2) is 6.28. The first kappa shape index (κ1) is 15.1. The summed E-state index contributed by atoms with van der Waals surface area (Å²) in [6, 6.07) is 0. The van der Waals surface area contributed by atoms with E-state index in [9.17, 15) is 4.79 Å². The Morgan fingerprint density at radius 3 is 2.39 bits per heavy atom. The number of thiazole rings is 1. The van der Waals surface area contributed by atoms with Crippen LogP contribution in [0, 0.1) is 0 Å². The lowest BCUT2D eigenvalue weighted by molar-refractivity contribution is -0.114. The Kier molecular flexibility index (Phi) is 5.27. The van der Waals surface area contributed by atoms with Crippen molar-refractivity contribution in [3.05, 3.63) is 27.7 Å². The highest BCUT2D eigenvalue weighted by Crippen LogP contribution is 2.24. The smallest absolute Gasteiger partial charge is 0.162 e. The summed E-state index contributed by atoms with van der Waals surface area (Å²) in [6.07, 6.45) is 4.13. The minimum Gasteiger partial charge on any atom is -0.294 e. The van der Waals surface area contributed by atoms with Crippen LogP contribution in [0.3, 0.4) is 0 Å². The molecule has 0 aliphatic rings. The Bertz CT molecular complexity index is 432. The van der Waals surface area contributed by atoms with Gasteiger partial charge in [-0.1, -0.05) is 40.2 Å². The lowest BCUT2D eigenvalue weighted by Gasteiger charge is -2.14. The van der Waals surface area contributed by atoms with Crippen molar-refractivity contribution in [2.75, 3.05) is 0 Å². The molecule has 100 valence electrons. The number of ketones is 1. The minimum absolute atomic E-state index is 0.0611. The molecule has 0 N–H and O–H groups in total. The molecule has 0 saturated heterocycles. The number of carbonyl (C=O) groups is 1. The van der Waals surface area contributed by atoms with Crippen molar-refractivity contribution in [1.82, 2.24) is 4.98 Å². The van der Waals surface area contributed by atoms with Gasteiger partial charge in [0.1, 0.15) is 5.01 Å². The van der Waals surface area contributed by atoms with Crippen molar-refractivity contribution in [3.63, 3.8) is 0 Å². The summed E-state index contributed by atoms with van der Waals surface area (Å²) in [6.45, 7) is 10.6. The average Bonchev–Trinajstić information content (AvgIpc) is 2.74. The molecule has 0 aliphatic heterocycles. The molecule has 0 fully saturated rings. The molecule has 1 aromatic heterocycles. The van der Waals surface area contributed by atoms with Crippen LogP contribution in [-0.2, 0) is 16.6 Å². The molecule has 0 bridgehead atoms. The Hall–Kier alpha value is -0.960.